The van der Waals surface area contributed by atoms with Gasteiger partial charge in [-0.2, -0.15) is 0 Å². The fraction of sp³-hybridized carbons (Fsp3) is 0.444. The lowest BCUT2D eigenvalue weighted by atomic mass is 10.2. The highest BCUT2D eigenvalue weighted by atomic mass is 35.5. The molecule has 0 fully saturated rings. The number of hydrogen-bond donors (Lipinski definition) is 2. The number of carbonyl (C=O) groups is 1. The highest BCUT2D eigenvalue weighted by Crippen LogP contribution is 2.36. The third kappa shape index (κ3) is 8.79. The Kier molecular flexibility index (Phi) is 13.2. The minimum absolute atomic E-state index is 0. The molecule has 11 heteroatoms. The van der Waals surface area contributed by atoms with Crippen LogP contribution in [0.3, 0.4) is 0 Å². The molecule has 0 radical (unpaired) electrons. The van der Waals surface area contributed by atoms with Crippen molar-refractivity contribution in [3.05, 3.63) is 41.7 Å². The average molecular weight is 567 g/mol. The van der Waals surface area contributed by atoms with Crippen molar-refractivity contribution < 1.29 is 19.0 Å². The van der Waals surface area contributed by atoms with Gasteiger partial charge in [-0.1, -0.05) is 38.8 Å². The molecule has 0 atom stereocenters. The van der Waals surface area contributed by atoms with Crippen LogP contribution in [0.4, 0.5) is 22.0 Å². The van der Waals surface area contributed by atoms with Gasteiger partial charge in [-0.05, 0) is 50.7 Å². The highest BCUT2D eigenvalue weighted by Gasteiger charge is 2.14. The Morgan fingerprint density at radius 2 is 1.74 bits per heavy atom. The van der Waals surface area contributed by atoms with Crippen LogP contribution in [0.1, 0.15) is 40.5 Å². The van der Waals surface area contributed by atoms with Gasteiger partial charge < -0.3 is 24.4 Å². The number of anilines is 3. The highest BCUT2D eigenvalue weighted by molar-refractivity contribution is 6.34. The minimum atomic E-state index is -0.558. The third-order valence-electron chi connectivity index (χ3n) is 5.76. The summed E-state index contributed by atoms with van der Waals surface area (Å²) in [6.07, 6.45) is 2.92. The fourth-order valence-corrected chi connectivity index (χ4v) is 3.88. The maximum Gasteiger partial charge on any atom is 0.411 e. The van der Waals surface area contributed by atoms with Crippen molar-refractivity contribution in [2.75, 3.05) is 50.1 Å². The summed E-state index contributed by atoms with van der Waals surface area (Å²) < 4.78 is 17.1. The first-order valence-electron chi connectivity index (χ1n) is 12.8. The minimum Gasteiger partial charge on any atom is -0.490 e. The Balaban J connectivity index is 0.00000507. The maximum absolute atomic E-state index is 11.7. The Morgan fingerprint density at radius 1 is 1.00 bits per heavy atom. The molecule has 1 heterocycles. The van der Waals surface area contributed by atoms with E-state index in [0.29, 0.717) is 46.9 Å². The van der Waals surface area contributed by atoms with Gasteiger partial charge in [0.05, 0.1) is 29.4 Å². The lowest BCUT2D eigenvalue weighted by Crippen LogP contribution is -2.28. The number of ether oxygens (including phenoxy) is 3. The van der Waals surface area contributed by atoms with Crippen LogP contribution >= 0.6 is 24.0 Å². The molecule has 0 aliphatic heterocycles. The number of likely N-dealkylation sites (N-methyl/N-ethyl adjacent to an activating group) is 1. The SMILES string of the molecule is CCCCOc1cc2c(Nc3ccc(NC(=O)OCC)c(Cl)c3)ncnc2cc1OCCN(CC)CC.Cl. The number of rotatable bonds is 14. The molecule has 1 aromatic heterocycles. The van der Waals surface area contributed by atoms with Crippen LogP contribution < -0.4 is 20.1 Å². The molecule has 3 rings (SSSR count). The van der Waals surface area contributed by atoms with E-state index in [-0.39, 0.29) is 19.0 Å². The molecular formula is C27H37Cl2N5O4. The van der Waals surface area contributed by atoms with Gasteiger partial charge in [0.2, 0.25) is 0 Å². The van der Waals surface area contributed by atoms with Crippen molar-refractivity contribution in [2.45, 2.75) is 40.5 Å². The quantitative estimate of drug-likeness (QED) is 0.203. The molecule has 0 bridgehead atoms. The van der Waals surface area contributed by atoms with Crippen molar-refractivity contribution >= 4 is 58.2 Å². The summed E-state index contributed by atoms with van der Waals surface area (Å²) in [5, 5.41) is 7.07. The van der Waals surface area contributed by atoms with E-state index in [1.165, 1.54) is 6.33 Å². The van der Waals surface area contributed by atoms with E-state index in [4.69, 9.17) is 25.8 Å². The number of carbonyl (C=O) groups excluding carboxylic acids is 1. The average Bonchev–Trinajstić information content (AvgIpc) is 2.89. The number of nitrogens with zero attached hydrogens (tertiary/aromatic N) is 3. The topological polar surface area (TPSA) is 97.8 Å². The first-order chi connectivity index (χ1) is 18.0. The zero-order valence-electron chi connectivity index (χ0n) is 22.4. The van der Waals surface area contributed by atoms with Gasteiger partial charge in [-0.25, -0.2) is 14.8 Å². The van der Waals surface area contributed by atoms with E-state index >= 15 is 0 Å². The van der Waals surface area contributed by atoms with Gasteiger partial charge >= 0.3 is 6.09 Å². The molecule has 0 unspecified atom stereocenters. The summed E-state index contributed by atoms with van der Waals surface area (Å²) in [7, 11) is 0. The second-order valence-corrected chi connectivity index (χ2v) is 8.69. The summed E-state index contributed by atoms with van der Waals surface area (Å²) in [6, 6.07) is 9.01. The molecule has 0 spiro atoms. The van der Waals surface area contributed by atoms with Crippen molar-refractivity contribution in [2.24, 2.45) is 0 Å². The predicted octanol–water partition coefficient (Wildman–Crippen LogP) is 6.92. The first kappa shape index (κ1) is 31.2. The molecule has 0 saturated carbocycles. The standard InChI is InChI=1S/C27H36ClN5O4.ClH/c1-5-9-13-36-24-16-20-23(17-25(24)37-14-12-33(6-2)7-3)29-18-30-26(20)31-19-10-11-22(21(28)15-19)32-27(34)35-8-4;/h10-11,15-18H,5-9,12-14H2,1-4H3,(H,32,34)(H,29,30,31);1H. The zero-order valence-corrected chi connectivity index (χ0v) is 24.0. The molecule has 3 aromatic rings. The predicted molar refractivity (Wildman–Crippen MR) is 156 cm³/mol. The van der Waals surface area contributed by atoms with Crippen LogP contribution in [0, 0.1) is 0 Å². The van der Waals surface area contributed by atoms with Crippen molar-refractivity contribution in [1.29, 1.82) is 0 Å². The lowest BCUT2D eigenvalue weighted by molar-refractivity contribution is 0.168. The van der Waals surface area contributed by atoms with E-state index in [9.17, 15) is 4.79 Å². The number of halogens is 2. The molecule has 0 aliphatic carbocycles. The molecule has 0 saturated heterocycles. The van der Waals surface area contributed by atoms with E-state index in [1.807, 2.05) is 12.1 Å². The van der Waals surface area contributed by atoms with E-state index in [1.54, 1.807) is 25.1 Å². The Labute approximate surface area is 235 Å². The molecule has 208 valence electrons. The summed E-state index contributed by atoms with van der Waals surface area (Å²) in [5.74, 6) is 1.92. The van der Waals surface area contributed by atoms with Gasteiger partial charge in [0.25, 0.3) is 0 Å². The van der Waals surface area contributed by atoms with E-state index in [0.717, 1.165) is 43.4 Å². The Bertz CT molecular complexity index is 1180. The fourth-order valence-electron chi connectivity index (χ4n) is 3.65. The smallest absolute Gasteiger partial charge is 0.411 e. The van der Waals surface area contributed by atoms with Gasteiger partial charge in [0.15, 0.2) is 11.5 Å². The second kappa shape index (κ2) is 16.1. The van der Waals surface area contributed by atoms with Crippen LogP contribution in [0.5, 0.6) is 11.5 Å². The van der Waals surface area contributed by atoms with Gasteiger partial charge in [-0.15, -0.1) is 12.4 Å². The van der Waals surface area contributed by atoms with E-state index in [2.05, 4.69) is 46.3 Å². The summed E-state index contributed by atoms with van der Waals surface area (Å²) in [4.78, 5) is 22.9. The van der Waals surface area contributed by atoms with Crippen LogP contribution in [-0.2, 0) is 4.74 Å². The number of aromatic nitrogens is 2. The zero-order chi connectivity index (χ0) is 26.6. The number of nitrogens with one attached hydrogen (secondary N) is 2. The Morgan fingerprint density at radius 3 is 2.42 bits per heavy atom. The largest absolute Gasteiger partial charge is 0.490 e. The van der Waals surface area contributed by atoms with Crippen molar-refractivity contribution in [3.8, 4) is 11.5 Å². The van der Waals surface area contributed by atoms with Crippen molar-refractivity contribution in [3.63, 3.8) is 0 Å². The monoisotopic (exact) mass is 565 g/mol. The number of benzene rings is 2. The normalized spacial score (nSPS) is 10.7. The maximum atomic E-state index is 11.7. The van der Waals surface area contributed by atoms with Crippen LogP contribution in [-0.4, -0.2) is 60.4 Å². The molecule has 2 aromatic carbocycles. The molecule has 9 nitrogen and oxygen atoms in total. The second-order valence-electron chi connectivity index (χ2n) is 8.28. The van der Waals surface area contributed by atoms with Crippen LogP contribution in [0.15, 0.2) is 36.7 Å². The van der Waals surface area contributed by atoms with Gasteiger partial charge in [-0.3, -0.25) is 5.32 Å². The van der Waals surface area contributed by atoms with Crippen LogP contribution in [0.2, 0.25) is 5.02 Å². The number of unbranched alkanes of at least 4 members (excludes halogenated alkanes) is 1. The molecule has 38 heavy (non-hydrogen) atoms. The first-order valence-corrected chi connectivity index (χ1v) is 13.1. The van der Waals surface area contributed by atoms with Crippen molar-refractivity contribution in [1.82, 2.24) is 14.9 Å². The molecular weight excluding hydrogens is 529 g/mol. The summed E-state index contributed by atoms with van der Waals surface area (Å²) >= 11 is 6.38. The lowest BCUT2D eigenvalue weighted by Gasteiger charge is -2.19. The third-order valence-corrected chi connectivity index (χ3v) is 6.07. The molecule has 1 amide bonds. The molecule has 0 aliphatic rings. The summed E-state index contributed by atoms with van der Waals surface area (Å²) in [5.41, 5.74) is 1.88. The molecule has 2 N–H and O–H groups in total. The van der Waals surface area contributed by atoms with Crippen LogP contribution in [0.25, 0.3) is 10.9 Å². The number of amides is 1. The van der Waals surface area contributed by atoms with Gasteiger partial charge in [0, 0.05) is 23.7 Å². The van der Waals surface area contributed by atoms with E-state index < -0.39 is 6.09 Å². The Hall–Kier alpha value is -3.01. The van der Waals surface area contributed by atoms with Gasteiger partial charge in [0.1, 0.15) is 18.8 Å². The summed E-state index contributed by atoms with van der Waals surface area (Å²) in [6.45, 7) is 12.3. The number of hydrogen-bond acceptors (Lipinski definition) is 8. The number of fused-ring (bicyclic) bond motifs is 1.